The van der Waals surface area contributed by atoms with Crippen LogP contribution in [-0.2, 0) is 28.6 Å². The monoisotopic (exact) mass is 1030 g/mol. The van der Waals surface area contributed by atoms with Crippen LogP contribution in [-0.4, -0.2) is 37.2 Å². The van der Waals surface area contributed by atoms with Crippen LogP contribution >= 0.6 is 0 Å². The number of rotatable bonds is 62. The van der Waals surface area contributed by atoms with Crippen molar-refractivity contribution in [1.29, 1.82) is 0 Å². The Morgan fingerprint density at radius 3 is 0.685 bits per heavy atom. The van der Waals surface area contributed by atoms with Crippen LogP contribution in [0, 0.1) is 0 Å². The van der Waals surface area contributed by atoms with Gasteiger partial charge in [-0.15, -0.1) is 0 Å². The van der Waals surface area contributed by atoms with Gasteiger partial charge in [-0.05, 0) is 44.9 Å². The molecule has 1 unspecified atom stereocenters. The summed E-state index contributed by atoms with van der Waals surface area (Å²) in [5.41, 5.74) is 0. The second kappa shape index (κ2) is 62.7. The predicted molar refractivity (Wildman–Crippen MR) is 317 cm³/mol. The van der Waals surface area contributed by atoms with Gasteiger partial charge in [0.1, 0.15) is 13.2 Å². The highest BCUT2D eigenvalue weighted by Crippen LogP contribution is 2.18. The molecule has 0 heterocycles. The highest BCUT2D eigenvalue weighted by Gasteiger charge is 2.19. The van der Waals surface area contributed by atoms with Gasteiger partial charge in [-0.25, -0.2) is 0 Å². The van der Waals surface area contributed by atoms with Gasteiger partial charge in [-0.3, -0.25) is 14.4 Å². The highest BCUT2D eigenvalue weighted by atomic mass is 16.6. The zero-order valence-electron chi connectivity index (χ0n) is 49.7. The molecule has 0 aliphatic heterocycles. The van der Waals surface area contributed by atoms with Crippen molar-refractivity contribution in [3.8, 4) is 0 Å². The summed E-state index contributed by atoms with van der Waals surface area (Å²) in [7, 11) is 0. The second-order valence-corrected chi connectivity index (χ2v) is 22.7. The van der Waals surface area contributed by atoms with Gasteiger partial charge in [0, 0.05) is 19.3 Å². The number of hydrogen-bond donors (Lipinski definition) is 0. The van der Waals surface area contributed by atoms with Gasteiger partial charge in [0.05, 0.1) is 0 Å². The molecule has 0 aliphatic carbocycles. The van der Waals surface area contributed by atoms with E-state index in [-0.39, 0.29) is 31.1 Å². The summed E-state index contributed by atoms with van der Waals surface area (Å²) in [6.07, 6.45) is 73.8. The number of esters is 3. The average molecular weight is 1030 g/mol. The Kier molecular flexibility index (Phi) is 61.1. The first-order valence-electron chi connectivity index (χ1n) is 33.2. The Hall–Kier alpha value is -1.85. The van der Waals surface area contributed by atoms with Gasteiger partial charge < -0.3 is 14.2 Å². The maximum Gasteiger partial charge on any atom is 0.306 e. The van der Waals surface area contributed by atoms with Crippen molar-refractivity contribution in [3.05, 3.63) is 12.2 Å². The second-order valence-electron chi connectivity index (χ2n) is 22.7. The first-order chi connectivity index (χ1) is 36.0. The Morgan fingerprint density at radius 1 is 0.260 bits per heavy atom. The molecular weight excluding hydrogens is 901 g/mol. The van der Waals surface area contributed by atoms with E-state index >= 15 is 0 Å². The molecule has 0 rings (SSSR count). The van der Waals surface area contributed by atoms with Crippen LogP contribution in [0.15, 0.2) is 12.2 Å². The van der Waals surface area contributed by atoms with Crippen molar-refractivity contribution in [2.24, 2.45) is 0 Å². The number of carbonyl (C=O) groups is 3. The van der Waals surface area contributed by atoms with Crippen LogP contribution in [0.1, 0.15) is 380 Å². The van der Waals surface area contributed by atoms with Crippen LogP contribution in [0.3, 0.4) is 0 Å². The molecule has 432 valence electrons. The topological polar surface area (TPSA) is 78.9 Å². The zero-order chi connectivity index (χ0) is 52.9. The van der Waals surface area contributed by atoms with Crippen LogP contribution in [0.25, 0.3) is 0 Å². The van der Waals surface area contributed by atoms with Gasteiger partial charge in [0.2, 0.25) is 0 Å². The third-order valence-corrected chi connectivity index (χ3v) is 15.3. The fourth-order valence-corrected chi connectivity index (χ4v) is 10.3. The molecule has 73 heavy (non-hydrogen) atoms. The minimum atomic E-state index is -0.766. The first-order valence-corrected chi connectivity index (χ1v) is 33.2. The van der Waals surface area contributed by atoms with E-state index in [0.717, 1.165) is 57.8 Å². The highest BCUT2D eigenvalue weighted by molar-refractivity contribution is 5.71. The Labute approximate surface area is 456 Å². The van der Waals surface area contributed by atoms with Crippen LogP contribution in [0.2, 0.25) is 0 Å². The Morgan fingerprint density at radius 2 is 0.452 bits per heavy atom. The number of unbranched alkanes of at least 4 members (excludes halogenated alkanes) is 49. The summed E-state index contributed by atoms with van der Waals surface area (Å²) >= 11 is 0. The molecule has 1 atom stereocenters. The molecular formula is C67H128O6. The minimum absolute atomic E-state index is 0.0644. The lowest BCUT2D eigenvalue weighted by Gasteiger charge is -2.18. The third-order valence-electron chi connectivity index (χ3n) is 15.3. The molecule has 0 aromatic carbocycles. The van der Waals surface area contributed by atoms with E-state index in [2.05, 4.69) is 32.9 Å². The molecule has 6 heteroatoms. The molecule has 6 nitrogen and oxygen atoms in total. The van der Waals surface area contributed by atoms with Gasteiger partial charge in [0.15, 0.2) is 6.10 Å². The summed E-state index contributed by atoms with van der Waals surface area (Å²) in [4.78, 5) is 38.2. The number of hydrogen-bond acceptors (Lipinski definition) is 6. The maximum absolute atomic E-state index is 12.9. The molecule has 0 aromatic rings. The standard InChI is InChI=1S/C67H128O6/c1-4-7-10-13-16-19-22-24-26-28-30-31-32-33-34-35-36-38-39-41-43-45-48-51-54-57-60-66(69)72-63-64(62-71-65(68)59-56-53-50-47-21-18-15-12-9-6-3)73-67(70)61-58-55-52-49-46-44-42-40-37-29-27-25-23-20-17-14-11-8-5-2/h25,27,64H,4-24,26,28-63H2,1-3H3/b27-25-. The molecule has 0 saturated carbocycles. The molecule has 0 aromatic heterocycles. The van der Waals surface area contributed by atoms with Crippen molar-refractivity contribution < 1.29 is 28.6 Å². The molecule has 0 bridgehead atoms. The number of ether oxygens (including phenoxy) is 3. The van der Waals surface area contributed by atoms with E-state index in [1.807, 2.05) is 0 Å². The maximum atomic E-state index is 12.9. The van der Waals surface area contributed by atoms with Gasteiger partial charge >= 0.3 is 17.9 Å². The quantitative estimate of drug-likeness (QED) is 0.0261. The summed E-state index contributed by atoms with van der Waals surface area (Å²) in [5.74, 6) is -0.839. The van der Waals surface area contributed by atoms with Crippen molar-refractivity contribution in [1.82, 2.24) is 0 Å². The summed E-state index contributed by atoms with van der Waals surface area (Å²) < 4.78 is 16.9. The van der Waals surface area contributed by atoms with Crippen molar-refractivity contribution >= 4 is 17.9 Å². The van der Waals surface area contributed by atoms with Crippen molar-refractivity contribution in [2.45, 2.75) is 386 Å². The fraction of sp³-hybridized carbons (Fsp3) is 0.925. The average Bonchev–Trinajstić information content (AvgIpc) is 3.39. The normalized spacial score (nSPS) is 12.0. The Balaban J connectivity index is 4.13. The van der Waals surface area contributed by atoms with E-state index in [4.69, 9.17) is 14.2 Å². The summed E-state index contributed by atoms with van der Waals surface area (Å²) in [6, 6.07) is 0. The zero-order valence-corrected chi connectivity index (χ0v) is 49.7. The molecule has 0 amide bonds. The van der Waals surface area contributed by atoms with Crippen LogP contribution in [0.4, 0.5) is 0 Å². The van der Waals surface area contributed by atoms with Crippen LogP contribution < -0.4 is 0 Å². The van der Waals surface area contributed by atoms with Crippen LogP contribution in [0.5, 0.6) is 0 Å². The molecule has 0 fully saturated rings. The minimum Gasteiger partial charge on any atom is -0.462 e. The van der Waals surface area contributed by atoms with Gasteiger partial charge in [0.25, 0.3) is 0 Å². The van der Waals surface area contributed by atoms with E-state index in [1.165, 1.54) is 283 Å². The van der Waals surface area contributed by atoms with Gasteiger partial charge in [-0.2, -0.15) is 0 Å². The number of carbonyl (C=O) groups excluding carboxylic acids is 3. The summed E-state index contributed by atoms with van der Waals surface area (Å²) in [5, 5.41) is 0. The lowest BCUT2D eigenvalue weighted by molar-refractivity contribution is -0.167. The molecule has 0 saturated heterocycles. The van der Waals surface area contributed by atoms with E-state index < -0.39 is 6.10 Å². The summed E-state index contributed by atoms with van der Waals surface area (Å²) in [6.45, 7) is 6.70. The van der Waals surface area contributed by atoms with E-state index in [1.54, 1.807) is 0 Å². The van der Waals surface area contributed by atoms with Crippen molar-refractivity contribution in [3.63, 3.8) is 0 Å². The lowest BCUT2D eigenvalue weighted by Crippen LogP contribution is -2.30. The Bertz CT molecular complexity index is 1130. The predicted octanol–water partition coefficient (Wildman–Crippen LogP) is 22.4. The number of allylic oxidation sites excluding steroid dienone is 2. The largest absolute Gasteiger partial charge is 0.462 e. The third kappa shape index (κ3) is 60.9. The van der Waals surface area contributed by atoms with Gasteiger partial charge in [-0.1, -0.05) is 328 Å². The molecule has 0 N–H and O–H groups in total. The smallest absolute Gasteiger partial charge is 0.306 e. The molecule has 0 radical (unpaired) electrons. The SMILES string of the molecule is CCCCCCCC/C=C\CCCCCCCCCCCC(=O)OC(COC(=O)CCCCCCCCCCCC)COC(=O)CCCCCCCCCCCCCCCCCCCCCCCCCCCC. The lowest BCUT2D eigenvalue weighted by atomic mass is 10.0. The fourth-order valence-electron chi connectivity index (χ4n) is 10.3. The van der Waals surface area contributed by atoms with E-state index in [0.29, 0.717) is 19.3 Å². The molecule has 0 spiro atoms. The molecule has 0 aliphatic rings. The first kappa shape index (κ1) is 71.2. The van der Waals surface area contributed by atoms with E-state index in [9.17, 15) is 14.4 Å². The van der Waals surface area contributed by atoms with Crippen molar-refractivity contribution in [2.75, 3.05) is 13.2 Å².